The summed E-state index contributed by atoms with van der Waals surface area (Å²) < 4.78 is 10.1. The first-order valence-corrected chi connectivity index (χ1v) is 7.46. The minimum Gasteiger partial charge on any atom is -0.468 e. The molecule has 22 heavy (non-hydrogen) atoms. The van der Waals surface area contributed by atoms with E-state index in [1.54, 1.807) is 0 Å². The topological polar surface area (TPSA) is 52.6 Å². The van der Waals surface area contributed by atoms with Gasteiger partial charge in [0.1, 0.15) is 5.60 Å². The fourth-order valence-corrected chi connectivity index (χ4v) is 2.10. The molecule has 4 nitrogen and oxygen atoms in total. The number of benzene rings is 1. The van der Waals surface area contributed by atoms with Crippen LogP contribution < -0.4 is 0 Å². The zero-order valence-electron chi connectivity index (χ0n) is 14.4. The van der Waals surface area contributed by atoms with E-state index < -0.39 is 11.0 Å². The summed E-state index contributed by atoms with van der Waals surface area (Å²) in [6, 6.07) is 7.68. The standard InChI is InChI=1S/C18H26O4/c1-17(2,3)22-15(19)12-9-13-7-10-14(11-8-13)18(4,5)16(20)21-6/h7-8,10-11H,9,12H2,1-6H3. The van der Waals surface area contributed by atoms with Crippen LogP contribution in [0.2, 0.25) is 0 Å². The van der Waals surface area contributed by atoms with Gasteiger partial charge >= 0.3 is 11.9 Å². The van der Waals surface area contributed by atoms with Crippen LogP contribution in [0.15, 0.2) is 24.3 Å². The van der Waals surface area contributed by atoms with E-state index in [4.69, 9.17) is 9.47 Å². The molecule has 0 fully saturated rings. The van der Waals surface area contributed by atoms with E-state index >= 15 is 0 Å². The van der Waals surface area contributed by atoms with Crippen LogP contribution >= 0.6 is 0 Å². The van der Waals surface area contributed by atoms with Crippen molar-refractivity contribution < 1.29 is 19.1 Å². The number of hydrogen-bond acceptors (Lipinski definition) is 4. The van der Waals surface area contributed by atoms with E-state index in [0.29, 0.717) is 12.8 Å². The van der Waals surface area contributed by atoms with Gasteiger partial charge in [0.2, 0.25) is 0 Å². The molecule has 0 atom stereocenters. The number of carbonyl (C=O) groups excluding carboxylic acids is 2. The van der Waals surface area contributed by atoms with Crippen molar-refractivity contribution in [2.45, 2.75) is 58.5 Å². The van der Waals surface area contributed by atoms with Crippen molar-refractivity contribution in [2.24, 2.45) is 0 Å². The van der Waals surface area contributed by atoms with E-state index in [0.717, 1.165) is 11.1 Å². The normalized spacial score (nSPS) is 11.9. The van der Waals surface area contributed by atoms with E-state index in [9.17, 15) is 9.59 Å². The third kappa shape index (κ3) is 5.17. The number of aryl methyl sites for hydroxylation is 1. The number of carbonyl (C=O) groups is 2. The summed E-state index contributed by atoms with van der Waals surface area (Å²) in [4.78, 5) is 23.5. The first-order valence-electron chi connectivity index (χ1n) is 7.46. The monoisotopic (exact) mass is 306 g/mol. The summed E-state index contributed by atoms with van der Waals surface area (Å²) in [5.41, 5.74) is 0.792. The summed E-state index contributed by atoms with van der Waals surface area (Å²) in [5.74, 6) is -0.472. The highest BCUT2D eigenvalue weighted by molar-refractivity contribution is 5.82. The van der Waals surface area contributed by atoms with Crippen molar-refractivity contribution in [1.29, 1.82) is 0 Å². The Morgan fingerprint density at radius 3 is 2.00 bits per heavy atom. The van der Waals surface area contributed by atoms with Crippen LogP contribution in [0.1, 0.15) is 52.2 Å². The molecule has 0 heterocycles. The van der Waals surface area contributed by atoms with Gasteiger partial charge in [-0.25, -0.2) is 0 Å². The van der Waals surface area contributed by atoms with E-state index in [1.165, 1.54) is 7.11 Å². The first-order chi connectivity index (χ1) is 10.1. The molecule has 0 radical (unpaired) electrons. The second kappa shape index (κ2) is 6.95. The van der Waals surface area contributed by atoms with Gasteiger partial charge in [0.15, 0.2) is 0 Å². The van der Waals surface area contributed by atoms with Crippen LogP contribution in [0.25, 0.3) is 0 Å². The third-order valence-corrected chi connectivity index (χ3v) is 3.41. The van der Waals surface area contributed by atoms with Gasteiger partial charge in [-0.05, 0) is 52.2 Å². The zero-order chi connectivity index (χ0) is 17.0. The number of ether oxygens (including phenoxy) is 2. The Bertz CT molecular complexity index is 521. The van der Waals surface area contributed by atoms with Gasteiger partial charge in [-0.2, -0.15) is 0 Å². The molecule has 4 heteroatoms. The molecule has 0 N–H and O–H groups in total. The second-order valence-corrected chi connectivity index (χ2v) is 6.90. The lowest BCUT2D eigenvalue weighted by atomic mass is 9.84. The highest BCUT2D eigenvalue weighted by Gasteiger charge is 2.30. The molecule has 0 saturated heterocycles. The average Bonchev–Trinajstić information content (AvgIpc) is 2.42. The maximum Gasteiger partial charge on any atom is 0.315 e. The van der Waals surface area contributed by atoms with Gasteiger partial charge < -0.3 is 9.47 Å². The minimum absolute atomic E-state index is 0.202. The van der Waals surface area contributed by atoms with Gasteiger partial charge in [-0.1, -0.05) is 24.3 Å². The quantitative estimate of drug-likeness (QED) is 0.782. The molecular formula is C18H26O4. The first kappa shape index (κ1) is 18.2. The molecule has 0 spiro atoms. The predicted octanol–water partition coefficient (Wildman–Crippen LogP) is 3.41. The summed E-state index contributed by atoms with van der Waals surface area (Å²) >= 11 is 0. The Kier molecular flexibility index (Phi) is 5.75. The summed E-state index contributed by atoms with van der Waals surface area (Å²) in [6.45, 7) is 9.22. The molecule has 0 aliphatic rings. The van der Waals surface area contributed by atoms with Crippen LogP contribution in [0.4, 0.5) is 0 Å². The van der Waals surface area contributed by atoms with Crippen molar-refractivity contribution >= 4 is 11.9 Å². The Labute approximate surface area is 132 Å². The van der Waals surface area contributed by atoms with E-state index in [-0.39, 0.29) is 11.9 Å². The molecule has 0 aliphatic heterocycles. The number of esters is 2. The summed E-state index contributed by atoms with van der Waals surface area (Å²) in [6.07, 6.45) is 0.963. The highest BCUT2D eigenvalue weighted by atomic mass is 16.6. The molecule has 1 aromatic rings. The van der Waals surface area contributed by atoms with Crippen molar-refractivity contribution in [1.82, 2.24) is 0 Å². The van der Waals surface area contributed by atoms with Crippen LogP contribution in [0, 0.1) is 0 Å². The Morgan fingerprint density at radius 2 is 1.55 bits per heavy atom. The Balaban J connectivity index is 2.66. The molecule has 1 aromatic carbocycles. The van der Waals surface area contributed by atoms with Crippen molar-refractivity contribution in [3.63, 3.8) is 0 Å². The smallest absolute Gasteiger partial charge is 0.315 e. The average molecular weight is 306 g/mol. The SMILES string of the molecule is COC(=O)C(C)(C)c1ccc(CCC(=O)OC(C)(C)C)cc1. The molecule has 0 bridgehead atoms. The van der Waals surface area contributed by atoms with Crippen molar-refractivity contribution in [2.75, 3.05) is 7.11 Å². The lowest BCUT2D eigenvalue weighted by molar-refractivity contribution is -0.154. The van der Waals surface area contributed by atoms with Crippen molar-refractivity contribution in [3.8, 4) is 0 Å². The fourth-order valence-electron chi connectivity index (χ4n) is 2.10. The number of methoxy groups -OCH3 is 1. The van der Waals surface area contributed by atoms with Gasteiger partial charge in [-0.3, -0.25) is 9.59 Å². The van der Waals surface area contributed by atoms with E-state index in [2.05, 4.69) is 0 Å². The molecule has 0 unspecified atom stereocenters. The number of hydrogen-bond donors (Lipinski definition) is 0. The Hall–Kier alpha value is -1.84. The second-order valence-electron chi connectivity index (χ2n) is 6.90. The maximum atomic E-state index is 11.8. The molecule has 122 valence electrons. The molecule has 0 saturated carbocycles. The van der Waals surface area contributed by atoms with Crippen LogP contribution in [-0.2, 0) is 30.9 Å². The highest BCUT2D eigenvalue weighted by Crippen LogP contribution is 2.25. The molecule has 0 amide bonds. The van der Waals surface area contributed by atoms with Gasteiger partial charge in [0.05, 0.1) is 12.5 Å². The minimum atomic E-state index is -0.682. The number of rotatable bonds is 5. The van der Waals surface area contributed by atoms with Crippen molar-refractivity contribution in [3.05, 3.63) is 35.4 Å². The zero-order valence-corrected chi connectivity index (χ0v) is 14.4. The van der Waals surface area contributed by atoms with Crippen LogP contribution in [-0.4, -0.2) is 24.6 Å². The molecule has 0 aromatic heterocycles. The third-order valence-electron chi connectivity index (χ3n) is 3.41. The van der Waals surface area contributed by atoms with Gasteiger partial charge in [0, 0.05) is 6.42 Å². The largest absolute Gasteiger partial charge is 0.468 e. The molecule has 1 rings (SSSR count). The molecular weight excluding hydrogens is 280 g/mol. The van der Waals surface area contributed by atoms with Crippen LogP contribution in [0.3, 0.4) is 0 Å². The fraction of sp³-hybridized carbons (Fsp3) is 0.556. The van der Waals surface area contributed by atoms with E-state index in [1.807, 2.05) is 58.9 Å². The van der Waals surface area contributed by atoms with Gasteiger partial charge in [0.25, 0.3) is 0 Å². The maximum absolute atomic E-state index is 11.8. The predicted molar refractivity (Wildman–Crippen MR) is 85.7 cm³/mol. The lowest BCUT2D eigenvalue weighted by Crippen LogP contribution is -2.30. The van der Waals surface area contributed by atoms with Gasteiger partial charge in [-0.15, -0.1) is 0 Å². The molecule has 0 aliphatic carbocycles. The lowest BCUT2D eigenvalue weighted by Gasteiger charge is -2.22. The van der Waals surface area contributed by atoms with Crippen LogP contribution in [0.5, 0.6) is 0 Å². The Morgan fingerprint density at radius 1 is 1.00 bits per heavy atom. The summed E-state index contributed by atoms with van der Waals surface area (Å²) in [7, 11) is 1.39. The summed E-state index contributed by atoms with van der Waals surface area (Å²) in [5, 5.41) is 0.